The van der Waals surface area contributed by atoms with E-state index in [9.17, 15) is 19.2 Å². The summed E-state index contributed by atoms with van der Waals surface area (Å²) in [6, 6.07) is 11.5. The highest BCUT2D eigenvalue weighted by atomic mass is 16.5. The first kappa shape index (κ1) is 20.3. The minimum Gasteiger partial charge on any atom is -0.479 e. The summed E-state index contributed by atoms with van der Waals surface area (Å²) in [5, 5.41) is 2.70. The van der Waals surface area contributed by atoms with Gasteiger partial charge in [-0.05, 0) is 44.2 Å². The molecule has 1 aliphatic heterocycles. The highest BCUT2D eigenvalue weighted by Gasteiger charge is 2.29. The first-order valence-corrected chi connectivity index (χ1v) is 9.28. The summed E-state index contributed by atoms with van der Waals surface area (Å²) in [6.45, 7) is 3.13. The number of hydrogen-bond acceptors (Lipinski definition) is 5. The summed E-state index contributed by atoms with van der Waals surface area (Å²) >= 11 is 0. The predicted octanol–water partition coefficient (Wildman–Crippen LogP) is 3.23. The highest BCUT2D eigenvalue weighted by molar-refractivity contribution is 6.04. The Balaban J connectivity index is 1.62. The fourth-order valence-electron chi connectivity index (χ4n) is 3.10. The maximum atomic E-state index is 12.5. The van der Waals surface area contributed by atoms with Crippen LogP contribution in [0.2, 0.25) is 0 Å². The zero-order chi connectivity index (χ0) is 21.1. The lowest BCUT2D eigenvalue weighted by Crippen LogP contribution is -2.42. The smallest absolute Gasteiger partial charge is 0.267 e. The molecule has 0 radical (unpaired) electrons. The van der Waals surface area contributed by atoms with Crippen LogP contribution >= 0.6 is 0 Å². The number of ketones is 2. The molecule has 1 unspecified atom stereocenters. The molecule has 7 heteroatoms. The molecule has 0 fully saturated rings. The number of nitrogens with zero attached hydrogens (tertiary/aromatic N) is 1. The molecular formula is C22H22N2O5. The normalized spacial score (nSPS) is 15.3. The van der Waals surface area contributed by atoms with Crippen LogP contribution in [0.15, 0.2) is 42.5 Å². The molecule has 1 aliphatic rings. The Labute approximate surface area is 168 Å². The quantitative estimate of drug-likeness (QED) is 0.760. The summed E-state index contributed by atoms with van der Waals surface area (Å²) < 4.78 is 5.55. The number of fused-ring (bicyclic) bond motifs is 1. The fraction of sp³-hybridized carbons (Fsp3) is 0.273. The van der Waals surface area contributed by atoms with E-state index in [-0.39, 0.29) is 36.2 Å². The van der Waals surface area contributed by atoms with Crippen molar-refractivity contribution >= 4 is 34.8 Å². The molecular weight excluding hydrogens is 372 g/mol. The number of carbonyl (C=O) groups is 4. The van der Waals surface area contributed by atoms with Crippen molar-refractivity contribution in [3.63, 3.8) is 0 Å². The zero-order valence-electron chi connectivity index (χ0n) is 16.5. The second kappa shape index (κ2) is 8.26. The van der Waals surface area contributed by atoms with Crippen molar-refractivity contribution in [2.24, 2.45) is 0 Å². The molecule has 1 atom stereocenters. The number of anilines is 2. The van der Waals surface area contributed by atoms with E-state index in [1.54, 1.807) is 56.4 Å². The summed E-state index contributed by atoms with van der Waals surface area (Å²) in [4.78, 5) is 49.6. The molecule has 0 saturated carbocycles. The summed E-state index contributed by atoms with van der Waals surface area (Å²) in [7, 11) is 1.64. The molecule has 0 aliphatic carbocycles. The van der Waals surface area contributed by atoms with Crippen molar-refractivity contribution in [2.75, 3.05) is 17.3 Å². The van der Waals surface area contributed by atoms with Crippen molar-refractivity contribution in [2.45, 2.75) is 32.8 Å². The van der Waals surface area contributed by atoms with E-state index in [4.69, 9.17) is 4.74 Å². The third kappa shape index (κ3) is 4.51. The zero-order valence-corrected chi connectivity index (χ0v) is 16.5. The number of rotatable bonds is 6. The maximum absolute atomic E-state index is 12.5. The average Bonchev–Trinajstić information content (AvgIpc) is 2.70. The van der Waals surface area contributed by atoms with Gasteiger partial charge in [0.25, 0.3) is 5.91 Å². The van der Waals surface area contributed by atoms with Crippen LogP contribution in [0.5, 0.6) is 5.75 Å². The molecule has 2 aromatic rings. The first-order valence-electron chi connectivity index (χ1n) is 9.28. The molecule has 2 amide bonds. The molecule has 0 spiro atoms. The minimum absolute atomic E-state index is 0.00250. The van der Waals surface area contributed by atoms with Gasteiger partial charge in [0.1, 0.15) is 5.75 Å². The Morgan fingerprint density at radius 1 is 1.07 bits per heavy atom. The van der Waals surface area contributed by atoms with E-state index in [1.807, 2.05) is 0 Å². The standard InChI is InChI=1S/C22H22N2O5/c1-13(25)15-5-4-6-17(11-15)23-21(27)10-8-19(26)16-7-9-20-18(12-16)24(3)22(28)14(2)29-20/h4-7,9,11-12,14H,8,10H2,1-3H3,(H,23,27). The van der Waals surface area contributed by atoms with Crippen molar-refractivity contribution in [1.82, 2.24) is 0 Å². The topological polar surface area (TPSA) is 92.8 Å². The van der Waals surface area contributed by atoms with Gasteiger partial charge in [-0.1, -0.05) is 12.1 Å². The van der Waals surface area contributed by atoms with Gasteiger partial charge in [0.2, 0.25) is 5.91 Å². The van der Waals surface area contributed by atoms with Crippen molar-refractivity contribution < 1.29 is 23.9 Å². The maximum Gasteiger partial charge on any atom is 0.267 e. The molecule has 3 rings (SSSR count). The van der Waals surface area contributed by atoms with E-state index >= 15 is 0 Å². The minimum atomic E-state index is -0.570. The van der Waals surface area contributed by atoms with E-state index in [1.165, 1.54) is 11.8 Å². The average molecular weight is 394 g/mol. The van der Waals surface area contributed by atoms with Gasteiger partial charge in [-0.3, -0.25) is 19.2 Å². The largest absolute Gasteiger partial charge is 0.479 e. The highest BCUT2D eigenvalue weighted by Crippen LogP contribution is 2.34. The molecule has 1 heterocycles. The number of likely N-dealkylation sites (N-methyl/N-ethyl adjacent to an activating group) is 1. The first-order chi connectivity index (χ1) is 13.8. The van der Waals surface area contributed by atoms with Crippen LogP contribution in [0.4, 0.5) is 11.4 Å². The monoisotopic (exact) mass is 394 g/mol. The summed E-state index contributed by atoms with van der Waals surface area (Å²) in [6.07, 6.45) is -0.548. The Bertz CT molecular complexity index is 998. The number of Topliss-reactive ketones (excluding diaryl/α,β-unsaturated/α-hetero) is 2. The Morgan fingerprint density at radius 2 is 1.83 bits per heavy atom. The number of benzene rings is 2. The number of ether oxygens (including phenoxy) is 1. The van der Waals surface area contributed by atoms with Gasteiger partial charge in [0.05, 0.1) is 5.69 Å². The fourth-order valence-corrected chi connectivity index (χ4v) is 3.10. The van der Waals surface area contributed by atoms with Gasteiger partial charge in [0, 0.05) is 36.7 Å². The lowest BCUT2D eigenvalue weighted by molar-refractivity contribution is -0.125. The number of amides is 2. The van der Waals surface area contributed by atoms with E-state index in [0.717, 1.165) is 0 Å². The Hall–Kier alpha value is -3.48. The van der Waals surface area contributed by atoms with E-state index < -0.39 is 6.10 Å². The molecule has 7 nitrogen and oxygen atoms in total. The van der Waals surface area contributed by atoms with Crippen LogP contribution in [0.1, 0.15) is 47.4 Å². The second-order valence-corrected chi connectivity index (χ2v) is 6.95. The van der Waals surface area contributed by atoms with Crippen LogP contribution in [0.25, 0.3) is 0 Å². The molecule has 29 heavy (non-hydrogen) atoms. The lowest BCUT2D eigenvalue weighted by atomic mass is 10.0. The Morgan fingerprint density at radius 3 is 2.55 bits per heavy atom. The van der Waals surface area contributed by atoms with Crippen LogP contribution in [-0.2, 0) is 9.59 Å². The van der Waals surface area contributed by atoms with Crippen LogP contribution in [-0.4, -0.2) is 36.5 Å². The van der Waals surface area contributed by atoms with Gasteiger partial charge in [-0.2, -0.15) is 0 Å². The van der Waals surface area contributed by atoms with Gasteiger partial charge < -0.3 is 15.0 Å². The molecule has 0 saturated heterocycles. The molecule has 0 aromatic heterocycles. The van der Waals surface area contributed by atoms with Crippen LogP contribution in [0.3, 0.4) is 0 Å². The van der Waals surface area contributed by atoms with Gasteiger partial charge in [-0.25, -0.2) is 0 Å². The molecule has 2 aromatic carbocycles. The second-order valence-electron chi connectivity index (χ2n) is 6.95. The number of hydrogen-bond donors (Lipinski definition) is 1. The number of carbonyl (C=O) groups excluding carboxylic acids is 4. The van der Waals surface area contributed by atoms with Crippen LogP contribution < -0.4 is 15.0 Å². The summed E-state index contributed by atoms with van der Waals surface area (Å²) in [5.74, 6) is -0.264. The van der Waals surface area contributed by atoms with Crippen molar-refractivity contribution in [3.05, 3.63) is 53.6 Å². The SMILES string of the molecule is CC(=O)c1cccc(NC(=O)CCC(=O)c2ccc3c(c2)N(C)C(=O)C(C)O3)c1. The third-order valence-electron chi connectivity index (χ3n) is 4.76. The Kier molecular flexibility index (Phi) is 5.77. The van der Waals surface area contributed by atoms with Crippen molar-refractivity contribution in [3.8, 4) is 5.75 Å². The third-order valence-corrected chi connectivity index (χ3v) is 4.76. The molecule has 1 N–H and O–H groups in total. The predicted molar refractivity (Wildman–Crippen MR) is 109 cm³/mol. The van der Waals surface area contributed by atoms with Gasteiger partial charge in [-0.15, -0.1) is 0 Å². The van der Waals surface area contributed by atoms with Crippen molar-refractivity contribution in [1.29, 1.82) is 0 Å². The molecule has 150 valence electrons. The summed E-state index contributed by atoms with van der Waals surface area (Å²) in [5.41, 5.74) is 1.95. The molecule has 0 bridgehead atoms. The van der Waals surface area contributed by atoms with E-state index in [0.29, 0.717) is 28.3 Å². The van der Waals surface area contributed by atoms with Gasteiger partial charge >= 0.3 is 0 Å². The van der Waals surface area contributed by atoms with Gasteiger partial charge in [0.15, 0.2) is 17.7 Å². The number of nitrogens with one attached hydrogen (secondary N) is 1. The lowest BCUT2D eigenvalue weighted by Gasteiger charge is -2.30. The van der Waals surface area contributed by atoms with Crippen LogP contribution in [0, 0.1) is 0 Å². The van der Waals surface area contributed by atoms with E-state index in [2.05, 4.69) is 5.32 Å².